The molecule has 2 heterocycles. The van der Waals surface area contributed by atoms with Gasteiger partial charge in [0.2, 0.25) is 11.6 Å². The Kier molecular flexibility index (Phi) is 5.72. The fourth-order valence-electron chi connectivity index (χ4n) is 2.53. The molecule has 0 saturated carbocycles. The SMILES string of the molecule is CCC(C)n1nc(Cc2c(Cl)cc(-n3nc(C#N)c(=O)[nH]c3=O)cc2Cl)oc1=O. The van der Waals surface area contributed by atoms with E-state index in [1.54, 1.807) is 6.07 Å². The van der Waals surface area contributed by atoms with Gasteiger partial charge in [-0.15, -0.1) is 10.2 Å². The Morgan fingerprint density at radius 1 is 1.24 bits per heavy atom. The van der Waals surface area contributed by atoms with Crippen molar-refractivity contribution >= 4 is 23.2 Å². The molecular formula is C17H14Cl2N6O4. The lowest BCUT2D eigenvalue weighted by molar-refractivity contribution is 0.413. The first kappa shape index (κ1) is 20.6. The molecule has 0 aliphatic carbocycles. The van der Waals surface area contributed by atoms with E-state index in [1.165, 1.54) is 16.8 Å². The van der Waals surface area contributed by atoms with E-state index in [1.807, 2.05) is 18.8 Å². The number of hydrogen-bond donors (Lipinski definition) is 1. The first-order chi connectivity index (χ1) is 13.7. The molecule has 29 heavy (non-hydrogen) atoms. The quantitative estimate of drug-likeness (QED) is 0.642. The summed E-state index contributed by atoms with van der Waals surface area (Å²) < 4.78 is 7.22. The molecule has 12 heteroatoms. The lowest BCUT2D eigenvalue weighted by atomic mass is 10.1. The summed E-state index contributed by atoms with van der Waals surface area (Å²) in [6.07, 6.45) is 0.752. The van der Waals surface area contributed by atoms with E-state index in [2.05, 4.69) is 10.2 Å². The topological polar surface area (TPSA) is 140 Å². The van der Waals surface area contributed by atoms with Crippen LogP contribution in [0, 0.1) is 11.3 Å². The Labute approximate surface area is 172 Å². The second-order valence-electron chi connectivity index (χ2n) is 6.16. The van der Waals surface area contributed by atoms with Gasteiger partial charge in [-0.3, -0.25) is 9.78 Å². The molecule has 150 valence electrons. The zero-order chi connectivity index (χ0) is 21.3. The van der Waals surface area contributed by atoms with Crippen molar-refractivity contribution in [2.75, 3.05) is 0 Å². The Hall–Kier alpha value is -3.16. The molecule has 0 aliphatic rings. The Bertz CT molecular complexity index is 1270. The molecule has 0 fully saturated rings. The molecule has 10 nitrogen and oxygen atoms in total. The zero-order valence-corrected chi connectivity index (χ0v) is 16.8. The number of rotatable bonds is 5. The maximum absolute atomic E-state index is 12.0. The van der Waals surface area contributed by atoms with Gasteiger partial charge >= 0.3 is 11.4 Å². The molecule has 0 bridgehead atoms. The van der Waals surface area contributed by atoms with Gasteiger partial charge in [-0.2, -0.15) is 14.6 Å². The second-order valence-corrected chi connectivity index (χ2v) is 6.97. The Morgan fingerprint density at radius 3 is 2.48 bits per heavy atom. The van der Waals surface area contributed by atoms with Crippen LogP contribution in [0.25, 0.3) is 5.69 Å². The van der Waals surface area contributed by atoms with Crippen LogP contribution in [-0.2, 0) is 6.42 Å². The van der Waals surface area contributed by atoms with E-state index in [9.17, 15) is 14.4 Å². The van der Waals surface area contributed by atoms with E-state index in [0.29, 0.717) is 12.0 Å². The van der Waals surface area contributed by atoms with Crippen molar-refractivity contribution in [1.29, 1.82) is 5.26 Å². The summed E-state index contributed by atoms with van der Waals surface area (Å²) in [4.78, 5) is 37.4. The standard InChI is InChI=1S/C17H14Cl2N6O4/c1-3-8(2)24-17(28)29-14(23-24)6-10-11(18)4-9(5-12(10)19)25-16(27)21-15(26)13(7-20)22-25/h4-5,8H,3,6H2,1-2H3,(H,21,26,27). The van der Waals surface area contributed by atoms with Crippen LogP contribution in [0.4, 0.5) is 0 Å². The van der Waals surface area contributed by atoms with Crippen LogP contribution in [0.1, 0.15) is 43.5 Å². The summed E-state index contributed by atoms with van der Waals surface area (Å²) in [6.45, 7) is 3.76. The third-order valence-corrected chi connectivity index (χ3v) is 4.93. The smallest absolute Gasteiger partial charge is 0.392 e. The normalized spacial score (nSPS) is 12.0. The van der Waals surface area contributed by atoms with Gasteiger partial charge in [0.25, 0.3) is 5.56 Å². The van der Waals surface area contributed by atoms with Crippen molar-refractivity contribution in [2.45, 2.75) is 32.7 Å². The minimum atomic E-state index is -0.894. The van der Waals surface area contributed by atoms with Crippen molar-refractivity contribution in [2.24, 2.45) is 0 Å². The predicted molar refractivity (Wildman–Crippen MR) is 104 cm³/mol. The lowest BCUT2D eigenvalue weighted by Crippen LogP contribution is -2.33. The minimum Gasteiger partial charge on any atom is -0.392 e. The van der Waals surface area contributed by atoms with Crippen molar-refractivity contribution in [1.82, 2.24) is 24.5 Å². The van der Waals surface area contributed by atoms with Gasteiger partial charge in [0.05, 0.1) is 18.2 Å². The summed E-state index contributed by atoms with van der Waals surface area (Å²) in [5.41, 5.74) is -1.67. The van der Waals surface area contributed by atoms with E-state index < -0.39 is 22.7 Å². The summed E-state index contributed by atoms with van der Waals surface area (Å²) in [7, 11) is 0. The fourth-order valence-corrected chi connectivity index (χ4v) is 3.14. The Balaban J connectivity index is 2.02. The summed E-state index contributed by atoms with van der Waals surface area (Å²) in [5.74, 6) is -0.441. The average Bonchev–Trinajstić information content (AvgIpc) is 3.04. The van der Waals surface area contributed by atoms with Crippen molar-refractivity contribution in [3.8, 4) is 11.8 Å². The number of halogens is 2. The van der Waals surface area contributed by atoms with E-state index >= 15 is 0 Å². The lowest BCUT2D eigenvalue weighted by Gasteiger charge is -2.09. The number of nitrogens with one attached hydrogen (secondary N) is 1. The van der Waals surface area contributed by atoms with Gasteiger partial charge in [-0.05, 0) is 31.0 Å². The van der Waals surface area contributed by atoms with Gasteiger partial charge in [0.15, 0.2) is 0 Å². The molecule has 1 N–H and O–H groups in total. The molecule has 0 aliphatic heterocycles. The molecule has 0 spiro atoms. The van der Waals surface area contributed by atoms with Crippen LogP contribution in [-0.4, -0.2) is 24.5 Å². The largest absolute Gasteiger partial charge is 0.437 e. The van der Waals surface area contributed by atoms with Gasteiger partial charge in [0, 0.05) is 10.0 Å². The molecule has 2 aromatic heterocycles. The van der Waals surface area contributed by atoms with Crippen LogP contribution >= 0.6 is 23.2 Å². The van der Waals surface area contributed by atoms with Crippen LogP contribution in [0.5, 0.6) is 0 Å². The third-order valence-electron chi connectivity index (χ3n) is 4.25. The highest BCUT2D eigenvalue weighted by Crippen LogP contribution is 2.29. The number of nitrogens with zero attached hydrogens (tertiary/aromatic N) is 5. The number of H-pyrrole nitrogens is 1. The van der Waals surface area contributed by atoms with Crippen LogP contribution < -0.4 is 17.0 Å². The monoisotopic (exact) mass is 436 g/mol. The third kappa shape index (κ3) is 4.01. The number of hydrogen-bond acceptors (Lipinski definition) is 7. The summed E-state index contributed by atoms with van der Waals surface area (Å²) >= 11 is 12.6. The molecule has 0 amide bonds. The van der Waals surface area contributed by atoms with Gasteiger partial charge in [-0.25, -0.2) is 9.59 Å². The highest BCUT2D eigenvalue weighted by molar-refractivity contribution is 6.36. The fraction of sp³-hybridized carbons (Fsp3) is 0.294. The molecule has 3 aromatic rings. The van der Waals surface area contributed by atoms with Crippen LogP contribution in [0.2, 0.25) is 10.0 Å². The minimum absolute atomic E-state index is 0.0496. The number of aromatic amines is 1. The van der Waals surface area contributed by atoms with Gasteiger partial charge in [-0.1, -0.05) is 30.1 Å². The van der Waals surface area contributed by atoms with Gasteiger partial charge < -0.3 is 4.42 Å². The van der Waals surface area contributed by atoms with Crippen LogP contribution in [0.15, 0.2) is 30.9 Å². The van der Waals surface area contributed by atoms with Gasteiger partial charge in [0.1, 0.15) is 6.07 Å². The van der Waals surface area contributed by atoms with Crippen molar-refractivity contribution < 1.29 is 4.42 Å². The summed E-state index contributed by atoms with van der Waals surface area (Å²) in [5, 5.41) is 17.1. The number of benzene rings is 1. The van der Waals surface area contributed by atoms with Crippen molar-refractivity contribution in [3.05, 3.63) is 70.7 Å². The molecule has 3 rings (SSSR count). The maximum Gasteiger partial charge on any atom is 0.437 e. The van der Waals surface area contributed by atoms with Crippen molar-refractivity contribution in [3.63, 3.8) is 0 Å². The molecule has 0 saturated heterocycles. The highest BCUT2D eigenvalue weighted by atomic mass is 35.5. The second kappa shape index (κ2) is 8.06. The highest BCUT2D eigenvalue weighted by Gasteiger charge is 2.18. The van der Waals surface area contributed by atoms with E-state index in [-0.39, 0.29) is 34.1 Å². The first-order valence-corrected chi connectivity index (χ1v) is 9.21. The maximum atomic E-state index is 12.0. The van der Waals surface area contributed by atoms with E-state index in [4.69, 9.17) is 32.9 Å². The summed E-state index contributed by atoms with van der Waals surface area (Å²) in [6, 6.07) is 4.25. The zero-order valence-electron chi connectivity index (χ0n) is 15.3. The number of nitriles is 1. The van der Waals surface area contributed by atoms with Crippen LogP contribution in [0.3, 0.4) is 0 Å². The molecule has 0 radical (unpaired) electrons. The van der Waals surface area contributed by atoms with E-state index in [0.717, 1.165) is 4.68 Å². The predicted octanol–water partition coefficient (Wildman–Crippen LogP) is 1.81. The first-order valence-electron chi connectivity index (χ1n) is 8.45. The Morgan fingerprint density at radius 2 is 1.90 bits per heavy atom. The molecular weight excluding hydrogens is 423 g/mol. The molecule has 1 aromatic carbocycles. The average molecular weight is 437 g/mol. The number of aromatic nitrogens is 5. The molecule has 1 atom stereocenters. The molecule has 1 unspecified atom stereocenters.